The Balaban J connectivity index is 0.000000206. The molecule has 0 aromatic rings. The van der Waals surface area contributed by atoms with Gasteiger partial charge < -0.3 is 11.5 Å². The summed E-state index contributed by atoms with van der Waals surface area (Å²) in [7, 11) is 0. The van der Waals surface area contributed by atoms with Crippen LogP contribution in [0.3, 0.4) is 0 Å². The Labute approximate surface area is 92.3 Å². The van der Waals surface area contributed by atoms with Crippen molar-refractivity contribution in [2.75, 3.05) is 0 Å². The van der Waals surface area contributed by atoms with Gasteiger partial charge in [-0.2, -0.15) is 0 Å². The molecule has 0 amide bonds. The van der Waals surface area contributed by atoms with E-state index in [1.165, 1.54) is 51.4 Å². The van der Waals surface area contributed by atoms with Crippen LogP contribution in [0.2, 0.25) is 0 Å². The van der Waals surface area contributed by atoms with Crippen molar-refractivity contribution in [3.8, 4) is 0 Å². The molecule has 2 nitrogen and oxygen atoms in total. The fraction of sp³-hybridized carbons (Fsp3) is 1.00. The van der Waals surface area contributed by atoms with Crippen molar-refractivity contribution in [2.45, 2.75) is 63.5 Å². The van der Waals surface area contributed by atoms with E-state index in [0.29, 0.717) is 12.1 Å². The van der Waals surface area contributed by atoms with Crippen LogP contribution in [0.1, 0.15) is 51.4 Å². The summed E-state index contributed by atoms with van der Waals surface area (Å²) in [5.74, 6) is 0. The van der Waals surface area contributed by atoms with Crippen molar-refractivity contribution in [3.63, 3.8) is 0 Å². The van der Waals surface area contributed by atoms with Crippen molar-refractivity contribution in [1.82, 2.24) is 0 Å². The van der Waals surface area contributed by atoms with Crippen LogP contribution in [0.25, 0.3) is 0 Å². The zero-order valence-electron chi connectivity index (χ0n) is 8.32. The molecule has 0 unspecified atom stereocenters. The van der Waals surface area contributed by atoms with Crippen molar-refractivity contribution in [1.29, 1.82) is 0 Å². The third-order valence-electron chi connectivity index (χ3n) is 2.80. The van der Waals surface area contributed by atoms with Gasteiger partial charge in [0.25, 0.3) is 0 Å². The summed E-state index contributed by atoms with van der Waals surface area (Å²) >= 11 is 0. The Morgan fingerprint density at radius 2 is 0.846 bits per heavy atom. The number of hydrogen-bond donors (Lipinski definition) is 2. The molecule has 0 atom stereocenters. The van der Waals surface area contributed by atoms with Crippen LogP contribution in [0, 0.1) is 0 Å². The molecule has 0 radical (unpaired) electrons. The first-order chi connectivity index (χ1) is 5.79. The largest absolute Gasteiger partial charge is 0.328 e. The van der Waals surface area contributed by atoms with Gasteiger partial charge in [0, 0.05) is 29.2 Å². The van der Waals surface area contributed by atoms with Gasteiger partial charge in [0.15, 0.2) is 0 Å². The number of hydrogen-bond acceptors (Lipinski definition) is 2. The Morgan fingerprint density at radius 3 is 0.923 bits per heavy atom. The molecule has 0 spiro atoms. The summed E-state index contributed by atoms with van der Waals surface area (Å²) in [4.78, 5) is 0. The summed E-state index contributed by atoms with van der Waals surface area (Å²) in [6.07, 6.45) is 10.5. The van der Waals surface area contributed by atoms with Gasteiger partial charge in [0.1, 0.15) is 0 Å². The minimum absolute atomic E-state index is 0. The fourth-order valence-corrected chi connectivity index (χ4v) is 1.91. The monoisotopic (exact) mass is 226 g/mol. The van der Waals surface area contributed by atoms with Crippen molar-refractivity contribution in [2.24, 2.45) is 11.5 Å². The molecule has 80 valence electrons. The van der Waals surface area contributed by atoms with E-state index in [2.05, 4.69) is 0 Å². The van der Waals surface area contributed by atoms with Crippen LogP contribution in [0.4, 0.5) is 0 Å². The smallest absolute Gasteiger partial charge is 0.00388 e. The predicted molar refractivity (Wildman–Crippen MR) is 52.9 cm³/mol. The molecule has 2 rings (SSSR count). The standard InChI is InChI=1S/2C5H11N.Fe/c2*6-5-3-1-2-4-5;/h2*5H,1-4,6H2;. The third-order valence-corrected chi connectivity index (χ3v) is 2.80. The first kappa shape index (κ1) is 13.4. The normalized spacial score (nSPS) is 23.5. The zero-order chi connectivity index (χ0) is 8.81. The van der Waals surface area contributed by atoms with Crippen LogP contribution in [-0.4, -0.2) is 12.1 Å². The van der Waals surface area contributed by atoms with E-state index in [-0.39, 0.29) is 17.1 Å². The molecule has 0 aliphatic heterocycles. The van der Waals surface area contributed by atoms with Crippen LogP contribution in [0.5, 0.6) is 0 Å². The second kappa shape index (κ2) is 7.81. The molecule has 0 aromatic carbocycles. The molecule has 2 saturated carbocycles. The Hall–Kier alpha value is 0.439. The maximum absolute atomic E-state index is 5.53. The Morgan fingerprint density at radius 1 is 0.615 bits per heavy atom. The number of nitrogens with two attached hydrogens (primary N) is 2. The molecule has 2 aliphatic rings. The summed E-state index contributed by atoms with van der Waals surface area (Å²) in [5, 5.41) is 0. The Bertz CT molecular complexity index is 93.5. The van der Waals surface area contributed by atoms with Gasteiger partial charge in [-0.05, 0) is 25.7 Å². The van der Waals surface area contributed by atoms with Crippen molar-refractivity contribution >= 4 is 0 Å². The van der Waals surface area contributed by atoms with E-state index >= 15 is 0 Å². The van der Waals surface area contributed by atoms with Gasteiger partial charge in [-0.15, -0.1) is 0 Å². The second-order valence-electron chi connectivity index (χ2n) is 4.09. The minimum atomic E-state index is 0. The average molecular weight is 226 g/mol. The van der Waals surface area contributed by atoms with Gasteiger partial charge in [-0.1, -0.05) is 25.7 Å². The van der Waals surface area contributed by atoms with Gasteiger partial charge in [0.05, 0.1) is 0 Å². The molecule has 13 heavy (non-hydrogen) atoms. The SMILES string of the molecule is NC1CCCC1.NC1CCCC1.[Fe]. The van der Waals surface area contributed by atoms with E-state index in [9.17, 15) is 0 Å². The molecular weight excluding hydrogens is 204 g/mol. The van der Waals surface area contributed by atoms with Crippen molar-refractivity contribution < 1.29 is 17.1 Å². The zero-order valence-corrected chi connectivity index (χ0v) is 9.42. The quantitative estimate of drug-likeness (QED) is 0.618. The third kappa shape index (κ3) is 6.50. The van der Waals surface area contributed by atoms with Crippen LogP contribution in [-0.2, 0) is 17.1 Å². The molecule has 3 heteroatoms. The van der Waals surface area contributed by atoms with Gasteiger partial charge >= 0.3 is 0 Å². The van der Waals surface area contributed by atoms with E-state index < -0.39 is 0 Å². The van der Waals surface area contributed by atoms with E-state index in [1.807, 2.05) is 0 Å². The molecule has 2 aliphatic carbocycles. The van der Waals surface area contributed by atoms with E-state index in [1.54, 1.807) is 0 Å². The molecule has 0 aromatic heterocycles. The van der Waals surface area contributed by atoms with Crippen LogP contribution >= 0.6 is 0 Å². The average Bonchev–Trinajstić information content (AvgIpc) is 2.63. The summed E-state index contributed by atoms with van der Waals surface area (Å²) in [6.45, 7) is 0. The van der Waals surface area contributed by atoms with Gasteiger partial charge in [-0.25, -0.2) is 0 Å². The van der Waals surface area contributed by atoms with E-state index in [4.69, 9.17) is 11.5 Å². The van der Waals surface area contributed by atoms with Gasteiger partial charge in [-0.3, -0.25) is 0 Å². The molecule has 2 fully saturated rings. The maximum Gasteiger partial charge on any atom is 0.00388 e. The molecule has 0 bridgehead atoms. The molecule has 0 saturated heterocycles. The minimum Gasteiger partial charge on any atom is -0.328 e. The Kier molecular flexibility index (Phi) is 8.07. The van der Waals surface area contributed by atoms with E-state index in [0.717, 1.165) is 0 Å². The van der Waals surface area contributed by atoms with Crippen LogP contribution < -0.4 is 11.5 Å². The fourth-order valence-electron chi connectivity index (χ4n) is 1.91. The summed E-state index contributed by atoms with van der Waals surface area (Å²) < 4.78 is 0. The van der Waals surface area contributed by atoms with Crippen LogP contribution in [0.15, 0.2) is 0 Å². The first-order valence-electron chi connectivity index (χ1n) is 5.30. The summed E-state index contributed by atoms with van der Waals surface area (Å²) in [5.41, 5.74) is 11.1. The van der Waals surface area contributed by atoms with Crippen molar-refractivity contribution in [3.05, 3.63) is 0 Å². The summed E-state index contributed by atoms with van der Waals surface area (Å²) in [6, 6.07) is 1.09. The van der Waals surface area contributed by atoms with Gasteiger partial charge in [0.2, 0.25) is 0 Å². The molecular formula is C10H22FeN2. The topological polar surface area (TPSA) is 52.0 Å². The number of rotatable bonds is 0. The maximum atomic E-state index is 5.53. The molecule has 0 heterocycles. The predicted octanol–water partition coefficient (Wildman–Crippen LogP) is 1.77. The first-order valence-corrected chi connectivity index (χ1v) is 5.30. The second-order valence-corrected chi connectivity index (χ2v) is 4.09. The molecule has 4 N–H and O–H groups in total.